The van der Waals surface area contributed by atoms with Gasteiger partial charge < -0.3 is 10.5 Å². The zero-order chi connectivity index (χ0) is 11.5. The fraction of sp³-hybridized carbons (Fsp3) is 0.500. The SMILES string of the molecule is NCC1CCCC1Oc1cc(F)cc(F)c1. The first-order valence-corrected chi connectivity index (χ1v) is 5.52. The standard InChI is InChI=1S/C12H15F2NO/c13-9-4-10(14)6-11(5-9)16-12-3-1-2-8(12)7-15/h4-6,8,12H,1-3,7,15H2. The summed E-state index contributed by atoms with van der Waals surface area (Å²) in [6, 6.07) is 3.24. The molecular formula is C12H15F2NO. The van der Waals surface area contributed by atoms with Crippen LogP contribution in [-0.2, 0) is 0 Å². The van der Waals surface area contributed by atoms with Crippen LogP contribution in [0.15, 0.2) is 18.2 Å². The average molecular weight is 227 g/mol. The van der Waals surface area contributed by atoms with Crippen molar-refractivity contribution in [3.63, 3.8) is 0 Å². The van der Waals surface area contributed by atoms with Gasteiger partial charge in [0.25, 0.3) is 0 Å². The van der Waals surface area contributed by atoms with Crippen molar-refractivity contribution in [1.29, 1.82) is 0 Å². The molecule has 0 radical (unpaired) electrons. The van der Waals surface area contributed by atoms with Crippen molar-refractivity contribution in [2.45, 2.75) is 25.4 Å². The van der Waals surface area contributed by atoms with Gasteiger partial charge in [-0.3, -0.25) is 0 Å². The number of hydrogen-bond donors (Lipinski definition) is 1. The highest BCUT2D eigenvalue weighted by atomic mass is 19.1. The van der Waals surface area contributed by atoms with E-state index in [4.69, 9.17) is 10.5 Å². The molecule has 0 spiro atoms. The van der Waals surface area contributed by atoms with Gasteiger partial charge in [0.2, 0.25) is 0 Å². The first-order valence-electron chi connectivity index (χ1n) is 5.52. The Hall–Kier alpha value is -1.16. The molecule has 1 aliphatic carbocycles. The molecule has 2 atom stereocenters. The van der Waals surface area contributed by atoms with Crippen LogP contribution in [0.25, 0.3) is 0 Å². The summed E-state index contributed by atoms with van der Waals surface area (Å²) >= 11 is 0. The van der Waals surface area contributed by atoms with E-state index in [1.54, 1.807) is 0 Å². The third-order valence-electron chi connectivity index (χ3n) is 3.02. The second-order valence-corrected chi connectivity index (χ2v) is 4.19. The van der Waals surface area contributed by atoms with Crippen LogP contribution < -0.4 is 10.5 Å². The normalized spacial score (nSPS) is 24.7. The van der Waals surface area contributed by atoms with Crippen LogP contribution in [0, 0.1) is 17.6 Å². The van der Waals surface area contributed by atoms with Crippen LogP contribution in [0.3, 0.4) is 0 Å². The van der Waals surface area contributed by atoms with Crippen LogP contribution in [0.4, 0.5) is 8.78 Å². The molecule has 88 valence electrons. The third kappa shape index (κ3) is 2.50. The van der Waals surface area contributed by atoms with Crippen LogP contribution in [0.5, 0.6) is 5.75 Å². The van der Waals surface area contributed by atoms with Gasteiger partial charge in [-0.2, -0.15) is 0 Å². The number of ether oxygens (including phenoxy) is 1. The topological polar surface area (TPSA) is 35.2 Å². The van der Waals surface area contributed by atoms with E-state index in [1.807, 2.05) is 0 Å². The van der Waals surface area contributed by atoms with E-state index in [0.717, 1.165) is 25.3 Å². The molecule has 2 nitrogen and oxygen atoms in total. The fourth-order valence-electron chi connectivity index (χ4n) is 2.20. The van der Waals surface area contributed by atoms with Crippen LogP contribution in [0.1, 0.15) is 19.3 Å². The van der Waals surface area contributed by atoms with Gasteiger partial charge in [0.15, 0.2) is 0 Å². The van der Waals surface area contributed by atoms with Crippen molar-refractivity contribution in [2.75, 3.05) is 6.54 Å². The predicted molar refractivity (Wildman–Crippen MR) is 57.2 cm³/mol. The molecule has 1 saturated carbocycles. The maximum absolute atomic E-state index is 12.9. The highest BCUT2D eigenvalue weighted by Crippen LogP contribution is 2.29. The molecule has 2 rings (SSSR count). The molecule has 0 bridgehead atoms. The molecule has 1 aromatic carbocycles. The van der Waals surface area contributed by atoms with E-state index in [9.17, 15) is 8.78 Å². The Labute approximate surface area is 93.4 Å². The Morgan fingerprint density at radius 1 is 1.19 bits per heavy atom. The largest absolute Gasteiger partial charge is 0.490 e. The highest BCUT2D eigenvalue weighted by Gasteiger charge is 2.27. The number of nitrogens with two attached hydrogens (primary N) is 1. The Bertz CT molecular complexity index is 350. The lowest BCUT2D eigenvalue weighted by molar-refractivity contribution is 0.161. The zero-order valence-electron chi connectivity index (χ0n) is 8.96. The van der Waals surface area contributed by atoms with Gasteiger partial charge in [0, 0.05) is 24.1 Å². The van der Waals surface area contributed by atoms with Crippen molar-refractivity contribution in [3.05, 3.63) is 29.8 Å². The molecular weight excluding hydrogens is 212 g/mol. The molecule has 16 heavy (non-hydrogen) atoms. The Morgan fingerprint density at radius 2 is 1.88 bits per heavy atom. The Morgan fingerprint density at radius 3 is 2.50 bits per heavy atom. The van der Waals surface area contributed by atoms with Crippen LogP contribution in [-0.4, -0.2) is 12.6 Å². The summed E-state index contributed by atoms with van der Waals surface area (Å²) in [6.45, 7) is 0.558. The van der Waals surface area contributed by atoms with E-state index in [-0.39, 0.29) is 11.9 Å². The quantitative estimate of drug-likeness (QED) is 0.861. The second-order valence-electron chi connectivity index (χ2n) is 4.19. The maximum Gasteiger partial charge on any atom is 0.129 e. The summed E-state index contributed by atoms with van der Waals surface area (Å²) in [6.07, 6.45) is 2.98. The fourth-order valence-corrected chi connectivity index (χ4v) is 2.20. The number of hydrogen-bond acceptors (Lipinski definition) is 2. The molecule has 0 aliphatic heterocycles. The molecule has 0 saturated heterocycles. The van der Waals surface area contributed by atoms with E-state index >= 15 is 0 Å². The summed E-state index contributed by atoms with van der Waals surface area (Å²) in [5.74, 6) is -0.677. The van der Waals surface area contributed by atoms with Gasteiger partial charge in [-0.25, -0.2) is 8.78 Å². The average Bonchev–Trinajstić information content (AvgIpc) is 2.63. The monoisotopic (exact) mass is 227 g/mol. The van der Waals surface area contributed by atoms with E-state index in [1.165, 1.54) is 12.1 Å². The van der Waals surface area contributed by atoms with Gasteiger partial charge in [0.1, 0.15) is 23.5 Å². The van der Waals surface area contributed by atoms with Crippen molar-refractivity contribution >= 4 is 0 Å². The zero-order valence-corrected chi connectivity index (χ0v) is 8.96. The first-order chi connectivity index (χ1) is 7.69. The first kappa shape index (κ1) is 11.3. The van der Waals surface area contributed by atoms with Gasteiger partial charge in [-0.15, -0.1) is 0 Å². The Balaban J connectivity index is 2.08. The Kier molecular flexibility index (Phi) is 3.39. The van der Waals surface area contributed by atoms with Gasteiger partial charge >= 0.3 is 0 Å². The summed E-state index contributed by atoms with van der Waals surface area (Å²) in [5.41, 5.74) is 5.61. The number of rotatable bonds is 3. The lowest BCUT2D eigenvalue weighted by Gasteiger charge is -2.19. The summed E-state index contributed by atoms with van der Waals surface area (Å²) in [7, 11) is 0. The van der Waals surface area contributed by atoms with E-state index in [0.29, 0.717) is 12.5 Å². The minimum Gasteiger partial charge on any atom is -0.490 e. The highest BCUT2D eigenvalue weighted by molar-refractivity contribution is 5.24. The minimum atomic E-state index is -0.614. The maximum atomic E-state index is 12.9. The second kappa shape index (κ2) is 4.78. The number of halogens is 2. The van der Waals surface area contributed by atoms with Crippen LogP contribution >= 0.6 is 0 Å². The van der Waals surface area contributed by atoms with E-state index in [2.05, 4.69) is 0 Å². The van der Waals surface area contributed by atoms with Gasteiger partial charge in [-0.1, -0.05) is 0 Å². The van der Waals surface area contributed by atoms with Crippen molar-refractivity contribution in [2.24, 2.45) is 11.7 Å². The lowest BCUT2D eigenvalue weighted by Crippen LogP contribution is -2.27. The van der Waals surface area contributed by atoms with Crippen molar-refractivity contribution in [3.8, 4) is 5.75 Å². The molecule has 0 heterocycles. The summed E-state index contributed by atoms with van der Waals surface area (Å²) in [4.78, 5) is 0. The summed E-state index contributed by atoms with van der Waals surface area (Å²) in [5, 5.41) is 0. The molecule has 4 heteroatoms. The van der Waals surface area contributed by atoms with Crippen molar-refractivity contribution in [1.82, 2.24) is 0 Å². The van der Waals surface area contributed by atoms with Gasteiger partial charge in [-0.05, 0) is 25.8 Å². The molecule has 0 aromatic heterocycles. The molecule has 0 amide bonds. The van der Waals surface area contributed by atoms with Gasteiger partial charge in [0.05, 0.1) is 0 Å². The summed E-state index contributed by atoms with van der Waals surface area (Å²) < 4.78 is 31.5. The predicted octanol–water partition coefficient (Wildman–Crippen LogP) is 2.47. The third-order valence-corrected chi connectivity index (χ3v) is 3.02. The number of benzene rings is 1. The lowest BCUT2D eigenvalue weighted by atomic mass is 10.1. The van der Waals surface area contributed by atoms with Crippen molar-refractivity contribution < 1.29 is 13.5 Å². The molecule has 1 aliphatic rings. The molecule has 1 aromatic rings. The molecule has 1 fully saturated rings. The van der Waals surface area contributed by atoms with E-state index < -0.39 is 11.6 Å². The van der Waals surface area contributed by atoms with Crippen LogP contribution in [0.2, 0.25) is 0 Å². The molecule has 2 unspecified atom stereocenters. The molecule has 2 N–H and O–H groups in total. The smallest absolute Gasteiger partial charge is 0.129 e. The minimum absolute atomic E-state index is 0.00815.